The minimum Gasteiger partial charge on any atom is -0.507 e. The van der Waals surface area contributed by atoms with Crippen LogP contribution in [-0.4, -0.2) is 25.1 Å². The zero-order valence-electron chi connectivity index (χ0n) is 11.9. The van der Waals surface area contributed by atoms with E-state index in [1.165, 1.54) is 25.3 Å². The number of carbonyl (C=O) groups is 1. The Kier molecular flexibility index (Phi) is 4.61. The van der Waals surface area contributed by atoms with Gasteiger partial charge in [0.2, 0.25) is 0 Å². The number of methoxy groups -OCH3 is 2. The summed E-state index contributed by atoms with van der Waals surface area (Å²) < 4.78 is 10.3. The summed E-state index contributed by atoms with van der Waals surface area (Å²) in [6.07, 6.45) is 3.05. The van der Waals surface area contributed by atoms with Gasteiger partial charge < -0.3 is 14.6 Å². The fourth-order valence-electron chi connectivity index (χ4n) is 1.90. The number of ether oxygens (including phenoxy) is 2. The standard InChI is InChI=1S/C17H16O4/c1-20-13-8-10-16(19)14(11-13)15(18)9-7-12-5-3-4-6-17(12)21-2/h3-11,19H,1-2H3/b9-7+. The maximum absolute atomic E-state index is 12.2. The second-order valence-corrected chi connectivity index (χ2v) is 4.32. The Morgan fingerprint density at radius 2 is 1.86 bits per heavy atom. The monoisotopic (exact) mass is 284 g/mol. The molecule has 0 aliphatic rings. The Hall–Kier alpha value is -2.75. The van der Waals surface area contributed by atoms with Crippen molar-refractivity contribution in [2.24, 2.45) is 0 Å². The molecule has 0 fully saturated rings. The Bertz CT molecular complexity index is 674. The molecule has 0 aliphatic heterocycles. The molecule has 0 radical (unpaired) electrons. The minimum atomic E-state index is -0.308. The van der Waals surface area contributed by atoms with Gasteiger partial charge in [-0.15, -0.1) is 0 Å². The number of phenolic OH excluding ortho intramolecular Hbond substituents is 1. The highest BCUT2D eigenvalue weighted by molar-refractivity contribution is 6.08. The van der Waals surface area contributed by atoms with Gasteiger partial charge in [0.1, 0.15) is 17.2 Å². The molecule has 4 heteroatoms. The third-order valence-corrected chi connectivity index (χ3v) is 3.02. The number of phenols is 1. The number of hydrogen-bond acceptors (Lipinski definition) is 4. The minimum absolute atomic E-state index is 0.0783. The lowest BCUT2D eigenvalue weighted by Crippen LogP contribution is -1.96. The number of carbonyl (C=O) groups excluding carboxylic acids is 1. The van der Waals surface area contributed by atoms with Crippen molar-refractivity contribution in [3.63, 3.8) is 0 Å². The highest BCUT2D eigenvalue weighted by atomic mass is 16.5. The van der Waals surface area contributed by atoms with Crippen LogP contribution in [0.5, 0.6) is 17.2 Å². The van der Waals surface area contributed by atoms with E-state index >= 15 is 0 Å². The van der Waals surface area contributed by atoms with E-state index in [1.54, 1.807) is 19.3 Å². The fraction of sp³-hybridized carbons (Fsp3) is 0.118. The first-order valence-corrected chi connectivity index (χ1v) is 6.38. The van der Waals surface area contributed by atoms with Gasteiger partial charge in [-0.1, -0.05) is 18.2 Å². The summed E-state index contributed by atoms with van der Waals surface area (Å²) in [5.74, 6) is 0.807. The Morgan fingerprint density at radius 1 is 1.10 bits per heavy atom. The van der Waals surface area contributed by atoms with Gasteiger partial charge in [-0.05, 0) is 36.4 Å². The van der Waals surface area contributed by atoms with Crippen LogP contribution in [-0.2, 0) is 0 Å². The SMILES string of the molecule is COc1ccc(O)c(C(=O)/C=C/c2ccccc2OC)c1. The second kappa shape index (κ2) is 6.61. The van der Waals surface area contributed by atoms with Crippen LogP contribution in [0.15, 0.2) is 48.5 Å². The summed E-state index contributed by atoms with van der Waals surface area (Å²) >= 11 is 0. The van der Waals surface area contributed by atoms with Gasteiger partial charge in [0.15, 0.2) is 5.78 Å². The highest BCUT2D eigenvalue weighted by Crippen LogP contribution is 2.24. The zero-order valence-corrected chi connectivity index (χ0v) is 11.9. The third kappa shape index (κ3) is 3.42. The van der Waals surface area contributed by atoms with Gasteiger partial charge in [-0.3, -0.25) is 4.79 Å². The van der Waals surface area contributed by atoms with Crippen LogP contribution in [0.2, 0.25) is 0 Å². The summed E-state index contributed by atoms with van der Waals surface area (Å²) in [6.45, 7) is 0. The lowest BCUT2D eigenvalue weighted by atomic mass is 10.1. The van der Waals surface area contributed by atoms with Crippen LogP contribution in [0, 0.1) is 0 Å². The average molecular weight is 284 g/mol. The van der Waals surface area contributed by atoms with Crippen LogP contribution in [0.3, 0.4) is 0 Å². The maximum Gasteiger partial charge on any atom is 0.189 e. The topological polar surface area (TPSA) is 55.8 Å². The molecule has 0 saturated heterocycles. The van der Waals surface area contributed by atoms with Crippen LogP contribution < -0.4 is 9.47 Å². The average Bonchev–Trinajstić information content (AvgIpc) is 2.53. The highest BCUT2D eigenvalue weighted by Gasteiger charge is 2.10. The van der Waals surface area contributed by atoms with Crippen molar-refractivity contribution in [3.8, 4) is 17.2 Å². The van der Waals surface area contributed by atoms with Crippen molar-refractivity contribution in [1.29, 1.82) is 0 Å². The lowest BCUT2D eigenvalue weighted by Gasteiger charge is -2.05. The van der Waals surface area contributed by atoms with E-state index < -0.39 is 0 Å². The molecule has 4 nitrogen and oxygen atoms in total. The van der Waals surface area contributed by atoms with Gasteiger partial charge in [-0.2, -0.15) is 0 Å². The van der Waals surface area contributed by atoms with Crippen LogP contribution >= 0.6 is 0 Å². The van der Waals surface area contributed by atoms with Gasteiger partial charge in [0, 0.05) is 5.56 Å². The van der Waals surface area contributed by atoms with Crippen molar-refractivity contribution in [2.75, 3.05) is 14.2 Å². The molecule has 0 bridgehead atoms. The predicted octanol–water partition coefficient (Wildman–Crippen LogP) is 3.31. The van der Waals surface area contributed by atoms with Gasteiger partial charge in [0.05, 0.1) is 19.8 Å². The number of benzene rings is 2. The van der Waals surface area contributed by atoms with Crippen molar-refractivity contribution < 1.29 is 19.4 Å². The molecule has 0 aliphatic carbocycles. The Morgan fingerprint density at radius 3 is 2.57 bits per heavy atom. The van der Waals surface area contributed by atoms with E-state index in [9.17, 15) is 9.90 Å². The molecule has 0 unspecified atom stereocenters. The normalized spacial score (nSPS) is 10.6. The first-order valence-electron chi connectivity index (χ1n) is 6.38. The molecule has 0 aromatic heterocycles. The predicted molar refractivity (Wildman–Crippen MR) is 81.0 cm³/mol. The largest absolute Gasteiger partial charge is 0.507 e. The van der Waals surface area contributed by atoms with Crippen LogP contribution in [0.4, 0.5) is 0 Å². The molecule has 0 atom stereocenters. The first kappa shape index (κ1) is 14.7. The van der Waals surface area contributed by atoms with Gasteiger partial charge >= 0.3 is 0 Å². The van der Waals surface area contributed by atoms with E-state index in [0.717, 1.165) is 5.56 Å². The number of hydrogen-bond donors (Lipinski definition) is 1. The summed E-state index contributed by atoms with van der Waals surface area (Å²) in [7, 11) is 3.08. The Balaban J connectivity index is 2.27. The van der Waals surface area contributed by atoms with Gasteiger partial charge in [0.25, 0.3) is 0 Å². The van der Waals surface area contributed by atoms with E-state index in [0.29, 0.717) is 11.5 Å². The maximum atomic E-state index is 12.2. The zero-order chi connectivity index (χ0) is 15.2. The van der Waals surface area contributed by atoms with E-state index in [4.69, 9.17) is 9.47 Å². The number of aromatic hydroxyl groups is 1. The van der Waals surface area contributed by atoms with Crippen molar-refractivity contribution in [1.82, 2.24) is 0 Å². The van der Waals surface area contributed by atoms with Crippen LogP contribution in [0.25, 0.3) is 6.08 Å². The summed E-state index contributed by atoms with van der Waals surface area (Å²) in [5, 5.41) is 9.76. The third-order valence-electron chi connectivity index (χ3n) is 3.02. The molecule has 0 amide bonds. The molecule has 0 heterocycles. The number of allylic oxidation sites excluding steroid dienone is 1. The van der Waals surface area contributed by atoms with Crippen molar-refractivity contribution in [2.45, 2.75) is 0 Å². The fourth-order valence-corrected chi connectivity index (χ4v) is 1.90. The number of para-hydroxylation sites is 1. The first-order chi connectivity index (χ1) is 10.2. The van der Waals surface area contributed by atoms with Crippen LogP contribution in [0.1, 0.15) is 15.9 Å². The van der Waals surface area contributed by atoms with E-state index in [2.05, 4.69) is 0 Å². The summed E-state index contributed by atoms with van der Waals surface area (Å²) in [6, 6.07) is 11.9. The van der Waals surface area contributed by atoms with E-state index in [1.807, 2.05) is 24.3 Å². The Labute approximate surface area is 123 Å². The smallest absolute Gasteiger partial charge is 0.189 e. The molecule has 2 aromatic rings. The molecule has 2 rings (SSSR count). The lowest BCUT2D eigenvalue weighted by molar-refractivity contribution is 0.104. The van der Waals surface area contributed by atoms with E-state index in [-0.39, 0.29) is 17.1 Å². The molecule has 0 spiro atoms. The van der Waals surface area contributed by atoms with Gasteiger partial charge in [-0.25, -0.2) is 0 Å². The molecule has 1 N–H and O–H groups in total. The molecule has 21 heavy (non-hydrogen) atoms. The molecular formula is C17H16O4. The van der Waals surface area contributed by atoms with Crippen molar-refractivity contribution >= 4 is 11.9 Å². The molecule has 2 aromatic carbocycles. The number of rotatable bonds is 5. The summed E-state index contributed by atoms with van der Waals surface area (Å²) in [5.41, 5.74) is 0.983. The summed E-state index contributed by atoms with van der Waals surface area (Å²) in [4.78, 5) is 12.2. The molecular weight excluding hydrogens is 268 g/mol. The second-order valence-electron chi connectivity index (χ2n) is 4.32. The number of ketones is 1. The quantitative estimate of drug-likeness (QED) is 0.676. The molecule has 0 saturated carbocycles. The molecule has 108 valence electrons. The van der Waals surface area contributed by atoms with Crippen molar-refractivity contribution in [3.05, 3.63) is 59.7 Å².